The molecule has 1 aliphatic rings. The van der Waals surface area contributed by atoms with Crippen molar-refractivity contribution in [1.82, 2.24) is 14.7 Å². The highest BCUT2D eigenvalue weighted by Crippen LogP contribution is 2.16. The number of hydrogen-bond donors (Lipinski definition) is 0. The number of nitrogens with zero attached hydrogens (tertiary/aromatic N) is 3. The molecule has 28 heavy (non-hydrogen) atoms. The second-order valence-corrected chi connectivity index (χ2v) is 7.39. The Kier molecular flexibility index (Phi) is 6.20. The molecule has 0 unspecified atom stereocenters. The summed E-state index contributed by atoms with van der Waals surface area (Å²) in [6, 6.07) is 12.9. The molecule has 0 saturated carbocycles. The molecule has 146 valence electrons. The number of likely N-dealkylation sites (N-methyl/N-ethyl adjacent to an activating group) is 1. The van der Waals surface area contributed by atoms with Crippen LogP contribution in [-0.2, 0) is 27.3 Å². The first kappa shape index (κ1) is 19.8. The van der Waals surface area contributed by atoms with Crippen LogP contribution in [0.3, 0.4) is 0 Å². The first-order valence-electron chi connectivity index (χ1n) is 9.02. The summed E-state index contributed by atoms with van der Waals surface area (Å²) in [5.41, 5.74) is 1.09. The minimum atomic E-state index is -0.945. The van der Waals surface area contributed by atoms with E-state index in [-0.39, 0.29) is 12.5 Å². The van der Waals surface area contributed by atoms with E-state index in [0.717, 1.165) is 20.2 Å². The van der Waals surface area contributed by atoms with Gasteiger partial charge in [0, 0.05) is 18.0 Å². The van der Waals surface area contributed by atoms with Crippen LogP contribution >= 0.6 is 11.3 Å². The van der Waals surface area contributed by atoms with Gasteiger partial charge in [-0.05, 0) is 30.4 Å². The van der Waals surface area contributed by atoms with E-state index in [0.29, 0.717) is 19.5 Å². The molecule has 0 aliphatic carbocycles. The predicted octanol–water partition coefficient (Wildman–Crippen LogP) is 2.13. The van der Waals surface area contributed by atoms with Gasteiger partial charge in [-0.1, -0.05) is 36.4 Å². The molecule has 1 aliphatic heterocycles. The highest BCUT2D eigenvalue weighted by atomic mass is 32.1. The van der Waals surface area contributed by atoms with Gasteiger partial charge >= 0.3 is 17.8 Å². The van der Waals surface area contributed by atoms with Crippen molar-refractivity contribution in [3.8, 4) is 0 Å². The molecule has 3 rings (SSSR count). The van der Waals surface area contributed by atoms with Crippen LogP contribution in [0.2, 0.25) is 0 Å². The summed E-state index contributed by atoms with van der Waals surface area (Å²) in [4.78, 5) is 53.3. The summed E-state index contributed by atoms with van der Waals surface area (Å²) in [7, 11) is 0. The largest absolute Gasteiger partial charge is 0.336 e. The quantitative estimate of drug-likeness (QED) is 0.503. The van der Waals surface area contributed by atoms with Gasteiger partial charge in [0.2, 0.25) is 5.91 Å². The Balaban J connectivity index is 1.71. The fourth-order valence-electron chi connectivity index (χ4n) is 3.00. The van der Waals surface area contributed by atoms with E-state index < -0.39 is 24.4 Å². The molecular weight excluding hydrogens is 378 g/mol. The van der Waals surface area contributed by atoms with Crippen molar-refractivity contribution in [3.05, 3.63) is 58.3 Å². The Morgan fingerprint density at radius 1 is 1.00 bits per heavy atom. The zero-order valence-corrected chi connectivity index (χ0v) is 16.4. The minimum Gasteiger partial charge on any atom is -0.336 e. The summed E-state index contributed by atoms with van der Waals surface area (Å²) in [5.74, 6) is -2.19. The van der Waals surface area contributed by atoms with Crippen molar-refractivity contribution in [1.29, 1.82) is 0 Å². The fourth-order valence-corrected chi connectivity index (χ4v) is 3.71. The van der Waals surface area contributed by atoms with Gasteiger partial charge in [0.15, 0.2) is 0 Å². The molecule has 0 atom stereocenters. The molecule has 1 saturated heterocycles. The Labute approximate surface area is 167 Å². The molecule has 1 aromatic heterocycles. The number of urea groups is 1. The lowest BCUT2D eigenvalue weighted by Gasteiger charge is -2.24. The van der Waals surface area contributed by atoms with Gasteiger partial charge in [-0.3, -0.25) is 19.3 Å². The second kappa shape index (κ2) is 8.79. The molecular formula is C20H21N3O4S. The van der Waals surface area contributed by atoms with Crippen molar-refractivity contribution in [2.24, 2.45) is 0 Å². The Hall–Kier alpha value is -3.00. The maximum Gasteiger partial charge on any atom is 0.334 e. The molecule has 1 aromatic carbocycles. The monoisotopic (exact) mass is 399 g/mol. The highest BCUT2D eigenvalue weighted by molar-refractivity contribution is 7.09. The SMILES string of the molecule is CCN1C(=O)C(=O)N(CC(=O)N(CCc2ccccc2)Cc2cccs2)C1=O. The number of rotatable bonds is 8. The van der Waals surface area contributed by atoms with Gasteiger partial charge in [0.1, 0.15) is 6.54 Å². The number of thiophene rings is 1. The van der Waals surface area contributed by atoms with Crippen molar-refractivity contribution in [3.63, 3.8) is 0 Å². The maximum absolute atomic E-state index is 12.9. The molecule has 7 nitrogen and oxygen atoms in total. The summed E-state index contributed by atoms with van der Waals surface area (Å²) in [6.07, 6.45) is 0.653. The summed E-state index contributed by atoms with van der Waals surface area (Å²) in [5, 5.41) is 1.93. The predicted molar refractivity (Wildman–Crippen MR) is 104 cm³/mol. The highest BCUT2D eigenvalue weighted by Gasteiger charge is 2.44. The third-order valence-electron chi connectivity index (χ3n) is 4.54. The van der Waals surface area contributed by atoms with Gasteiger partial charge in [0.05, 0.1) is 6.54 Å². The molecule has 2 heterocycles. The lowest BCUT2D eigenvalue weighted by atomic mass is 10.1. The molecule has 0 radical (unpaired) electrons. The average molecular weight is 399 g/mol. The van der Waals surface area contributed by atoms with Gasteiger partial charge < -0.3 is 4.90 Å². The van der Waals surface area contributed by atoms with Gasteiger partial charge in [0.25, 0.3) is 0 Å². The van der Waals surface area contributed by atoms with E-state index in [1.165, 1.54) is 11.3 Å². The number of amides is 5. The molecule has 0 N–H and O–H groups in total. The first-order chi connectivity index (χ1) is 13.5. The van der Waals surface area contributed by atoms with E-state index >= 15 is 0 Å². The second-order valence-electron chi connectivity index (χ2n) is 6.35. The standard InChI is InChI=1S/C20H21N3O4S/c1-2-22-18(25)19(26)23(20(22)27)14-17(24)21(13-16-9-6-12-28-16)11-10-15-7-4-3-5-8-15/h3-9,12H,2,10-11,13-14H2,1H3. The fraction of sp³-hybridized carbons (Fsp3) is 0.300. The van der Waals surface area contributed by atoms with Crippen molar-refractivity contribution in [2.45, 2.75) is 19.9 Å². The normalized spacial score (nSPS) is 14.1. The first-order valence-corrected chi connectivity index (χ1v) is 9.90. The summed E-state index contributed by atoms with van der Waals surface area (Å²) < 4.78 is 0. The molecule has 2 aromatic rings. The number of carbonyl (C=O) groups excluding carboxylic acids is 4. The van der Waals surface area contributed by atoms with Crippen LogP contribution in [0.5, 0.6) is 0 Å². The summed E-state index contributed by atoms with van der Waals surface area (Å²) in [6.45, 7) is 2.12. The zero-order chi connectivity index (χ0) is 20.1. The van der Waals surface area contributed by atoms with Crippen LogP contribution in [0.4, 0.5) is 4.79 Å². The smallest absolute Gasteiger partial charge is 0.334 e. The third-order valence-corrected chi connectivity index (χ3v) is 5.40. The Morgan fingerprint density at radius 2 is 1.71 bits per heavy atom. The Morgan fingerprint density at radius 3 is 2.32 bits per heavy atom. The van der Waals surface area contributed by atoms with E-state index in [2.05, 4.69) is 0 Å². The van der Waals surface area contributed by atoms with Crippen LogP contribution in [-0.4, -0.2) is 58.1 Å². The zero-order valence-electron chi connectivity index (χ0n) is 15.5. The van der Waals surface area contributed by atoms with Crippen LogP contribution in [0, 0.1) is 0 Å². The van der Waals surface area contributed by atoms with Gasteiger partial charge in [-0.2, -0.15) is 0 Å². The van der Waals surface area contributed by atoms with Crippen LogP contribution < -0.4 is 0 Å². The van der Waals surface area contributed by atoms with Gasteiger partial charge in [-0.15, -0.1) is 11.3 Å². The van der Waals surface area contributed by atoms with Gasteiger partial charge in [-0.25, -0.2) is 9.69 Å². The molecule has 5 amide bonds. The number of hydrogen-bond acceptors (Lipinski definition) is 5. The molecule has 1 fully saturated rings. The Bertz CT molecular complexity index is 867. The lowest BCUT2D eigenvalue weighted by Crippen LogP contribution is -2.43. The van der Waals surface area contributed by atoms with Crippen LogP contribution in [0.25, 0.3) is 0 Å². The molecule has 0 bridgehead atoms. The molecule has 0 spiro atoms. The van der Waals surface area contributed by atoms with Crippen molar-refractivity contribution >= 4 is 35.1 Å². The number of carbonyl (C=O) groups is 4. The van der Waals surface area contributed by atoms with E-state index in [1.54, 1.807) is 11.8 Å². The third kappa shape index (κ3) is 4.28. The topological polar surface area (TPSA) is 78.0 Å². The van der Waals surface area contributed by atoms with E-state index in [1.807, 2.05) is 47.8 Å². The van der Waals surface area contributed by atoms with E-state index in [4.69, 9.17) is 0 Å². The van der Waals surface area contributed by atoms with Crippen LogP contribution in [0.1, 0.15) is 17.4 Å². The van der Waals surface area contributed by atoms with Crippen LogP contribution in [0.15, 0.2) is 47.8 Å². The maximum atomic E-state index is 12.9. The number of benzene rings is 1. The van der Waals surface area contributed by atoms with Crippen molar-refractivity contribution in [2.75, 3.05) is 19.6 Å². The lowest BCUT2D eigenvalue weighted by molar-refractivity contribution is -0.145. The molecule has 8 heteroatoms. The minimum absolute atomic E-state index is 0.0982. The average Bonchev–Trinajstić information content (AvgIpc) is 3.28. The summed E-state index contributed by atoms with van der Waals surface area (Å²) >= 11 is 1.53. The van der Waals surface area contributed by atoms with E-state index in [9.17, 15) is 19.2 Å². The van der Waals surface area contributed by atoms with Crippen molar-refractivity contribution < 1.29 is 19.2 Å². The number of imide groups is 2.